The number of nitrogens with one attached hydrogen (secondary N) is 2. The van der Waals surface area contributed by atoms with E-state index in [0.29, 0.717) is 11.4 Å². The van der Waals surface area contributed by atoms with Crippen molar-refractivity contribution < 1.29 is 4.79 Å². The van der Waals surface area contributed by atoms with Gasteiger partial charge in [-0.3, -0.25) is 9.89 Å². The Hall–Kier alpha value is -2.14. The number of aromatic nitrogens is 2. The lowest BCUT2D eigenvalue weighted by Crippen LogP contribution is -2.12. The zero-order valence-corrected chi connectivity index (χ0v) is 12.4. The molecule has 0 atom stereocenters. The zero-order valence-electron chi connectivity index (χ0n) is 10.8. The van der Waals surface area contributed by atoms with Crippen molar-refractivity contribution in [2.24, 2.45) is 0 Å². The van der Waals surface area contributed by atoms with Crippen molar-refractivity contribution in [1.82, 2.24) is 10.2 Å². The Bertz CT molecular complexity index is 774. The molecule has 100 valence electrons. The van der Waals surface area contributed by atoms with Gasteiger partial charge in [-0.15, -0.1) is 0 Å². The number of para-hydroxylation sites is 1. The minimum absolute atomic E-state index is 0.174. The monoisotopic (exact) mass is 329 g/mol. The normalized spacial score (nSPS) is 10.7. The van der Waals surface area contributed by atoms with Crippen LogP contribution < -0.4 is 5.32 Å². The van der Waals surface area contributed by atoms with E-state index in [4.69, 9.17) is 0 Å². The number of halogens is 1. The highest BCUT2D eigenvalue weighted by atomic mass is 79.9. The molecule has 0 bridgehead atoms. The molecular weight excluding hydrogens is 318 g/mol. The largest absolute Gasteiger partial charge is 0.305 e. The molecule has 0 aliphatic heterocycles. The van der Waals surface area contributed by atoms with Crippen molar-refractivity contribution in [2.45, 2.75) is 6.92 Å². The van der Waals surface area contributed by atoms with Gasteiger partial charge >= 0.3 is 0 Å². The topological polar surface area (TPSA) is 57.8 Å². The summed E-state index contributed by atoms with van der Waals surface area (Å²) in [7, 11) is 0. The van der Waals surface area contributed by atoms with E-state index in [1.807, 2.05) is 43.3 Å². The zero-order chi connectivity index (χ0) is 14.1. The Morgan fingerprint density at radius 3 is 2.85 bits per heavy atom. The Morgan fingerprint density at radius 2 is 2.05 bits per heavy atom. The van der Waals surface area contributed by atoms with Gasteiger partial charge < -0.3 is 5.32 Å². The van der Waals surface area contributed by atoms with Gasteiger partial charge in [0, 0.05) is 15.4 Å². The highest BCUT2D eigenvalue weighted by Gasteiger charge is 2.11. The second kappa shape index (κ2) is 5.09. The van der Waals surface area contributed by atoms with Gasteiger partial charge in [0.25, 0.3) is 5.91 Å². The van der Waals surface area contributed by atoms with Crippen molar-refractivity contribution >= 4 is 38.6 Å². The van der Waals surface area contributed by atoms with Gasteiger partial charge in [0.1, 0.15) is 0 Å². The Kier molecular flexibility index (Phi) is 3.28. The minimum Gasteiger partial charge on any atom is -0.305 e. The van der Waals surface area contributed by atoms with E-state index >= 15 is 0 Å². The molecule has 0 fully saturated rings. The third kappa shape index (κ3) is 2.44. The van der Waals surface area contributed by atoms with Gasteiger partial charge in [0.2, 0.25) is 0 Å². The van der Waals surface area contributed by atoms with E-state index in [0.717, 1.165) is 20.9 Å². The van der Waals surface area contributed by atoms with Crippen molar-refractivity contribution in [3.05, 3.63) is 58.1 Å². The summed E-state index contributed by atoms with van der Waals surface area (Å²) < 4.78 is 0.884. The summed E-state index contributed by atoms with van der Waals surface area (Å²) in [4.78, 5) is 12.3. The smallest absolute Gasteiger partial charge is 0.256 e. The lowest BCUT2D eigenvalue weighted by Gasteiger charge is -2.04. The van der Waals surface area contributed by atoms with Crippen LogP contribution in [0.4, 0.5) is 5.82 Å². The van der Waals surface area contributed by atoms with Gasteiger partial charge in [-0.2, -0.15) is 5.10 Å². The van der Waals surface area contributed by atoms with E-state index in [1.165, 1.54) is 0 Å². The molecule has 3 aromatic rings. The van der Waals surface area contributed by atoms with E-state index in [2.05, 4.69) is 31.4 Å². The predicted octanol–water partition coefficient (Wildman–Crippen LogP) is 3.89. The quantitative estimate of drug-likeness (QED) is 0.749. The van der Waals surface area contributed by atoms with Crippen LogP contribution in [0, 0.1) is 6.92 Å². The second-order valence-electron chi connectivity index (χ2n) is 4.59. The van der Waals surface area contributed by atoms with Crippen LogP contribution in [0.25, 0.3) is 10.9 Å². The number of benzene rings is 2. The molecule has 1 heterocycles. The number of aromatic amines is 1. The number of carbonyl (C=O) groups is 1. The Balaban J connectivity index is 1.92. The molecule has 0 aliphatic rings. The average molecular weight is 330 g/mol. The van der Waals surface area contributed by atoms with Gasteiger partial charge in [-0.25, -0.2) is 0 Å². The summed E-state index contributed by atoms with van der Waals surface area (Å²) in [5.74, 6) is 0.370. The molecule has 0 aliphatic carbocycles. The van der Waals surface area contributed by atoms with Crippen LogP contribution in [0.5, 0.6) is 0 Å². The number of anilines is 1. The van der Waals surface area contributed by atoms with Gasteiger partial charge in [0.05, 0.1) is 5.52 Å². The number of nitrogens with zero attached hydrogens (tertiary/aromatic N) is 1. The molecule has 0 unspecified atom stereocenters. The van der Waals surface area contributed by atoms with E-state index in [9.17, 15) is 4.79 Å². The number of carbonyl (C=O) groups excluding carboxylic acids is 1. The number of hydrogen-bond acceptors (Lipinski definition) is 2. The SMILES string of the molecule is Cc1cc(Br)cc(C(=O)Nc2n[nH]c3ccccc23)c1. The summed E-state index contributed by atoms with van der Waals surface area (Å²) in [6.07, 6.45) is 0. The van der Waals surface area contributed by atoms with Gasteiger partial charge in [0.15, 0.2) is 5.82 Å². The summed E-state index contributed by atoms with van der Waals surface area (Å²) in [5, 5.41) is 10.8. The average Bonchev–Trinajstić information content (AvgIpc) is 2.81. The standard InChI is InChI=1S/C15H12BrN3O/c1-9-6-10(8-11(16)7-9)15(20)17-14-12-4-2-3-5-13(12)18-19-14/h2-8H,1H3,(H2,17,18,19,20). The predicted molar refractivity (Wildman–Crippen MR) is 82.9 cm³/mol. The molecule has 0 radical (unpaired) electrons. The third-order valence-electron chi connectivity index (χ3n) is 3.01. The number of H-pyrrole nitrogens is 1. The number of hydrogen-bond donors (Lipinski definition) is 2. The van der Waals surface area contributed by atoms with Crippen molar-refractivity contribution in [2.75, 3.05) is 5.32 Å². The molecule has 0 saturated heterocycles. The number of amides is 1. The number of fused-ring (bicyclic) bond motifs is 1. The first kappa shape index (κ1) is 12.9. The van der Waals surface area contributed by atoms with Gasteiger partial charge in [-0.05, 0) is 42.8 Å². The highest BCUT2D eigenvalue weighted by Crippen LogP contribution is 2.21. The first-order valence-corrected chi connectivity index (χ1v) is 6.94. The maximum absolute atomic E-state index is 12.3. The minimum atomic E-state index is -0.174. The molecule has 3 rings (SSSR count). The molecule has 4 nitrogen and oxygen atoms in total. The lowest BCUT2D eigenvalue weighted by molar-refractivity contribution is 0.102. The summed E-state index contributed by atoms with van der Waals surface area (Å²) in [6.45, 7) is 1.95. The Morgan fingerprint density at radius 1 is 1.25 bits per heavy atom. The lowest BCUT2D eigenvalue weighted by atomic mass is 10.1. The summed E-state index contributed by atoms with van der Waals surface area (Å²) in [6, 6.07) is 13.3. The molecule has 5 heteroatoms. The van der Waals surface area contributed by atoms with Crippen LogP contribution in [0.2, 0.25) is 0 Å². The van der Waals surface area contributed by atoms with E-state index < -0.39 is 0 Å². The fourth-order valence-corrected chi connectivity index (χ4v) is 2.71. The fourth-order valence-electron chi connectivity index (χ4n) is 2.11. The summed E-state index contributed by atoms with van der Waals surface area (Å²) in [5.41, 5.74) is 2.52. The third-order valence-corrected chi connectivity index (χ3v) is 3.46. The van der Waals surface area contributed by atoms with Crippen LogP contribution in [0.1, 0.15) is 15.9 Å². The molecule has 0 spiro atoms. The Labute approximate surface area is 124 Å². The summed E-state index contributed by atoms with van der Waals surface area (Å²) >= 11 is 3.40. The molecule has 20 heavy (non-hydrogen) atoms. The number of aryl methyl sites for hydroxylation is 1. The molecule has 1 aromatic heterocycles. The molecule has 2 N–H and O–H groups in total. The van der Waals surface area contributed by atoms with Crippen LogP contribution >= 0.6 is 15.9 Å². The molecular formula is C15H12BrN3O. The first-order chi connectivity index (χ1) is 9.63. The highest BCUT2D eigenvalue weighted by molar-refractivity contribution is 9.10. The molecule has 0 saturated carbocycles. The molecule has 1 amide bonds. The maximum Gasteiger partial charge on any atom is 0.256 e. The van der Waals surface area contributed by atoms with Crippen molar-refractivity contribution in [3.8, 4) is 0 Å². The van der Waals surface area contributed by atoms with Crippen LogP contribution in [0.3, 0.4) is 0 Å². The second-order valence-corrected chi connectivity index (χ2v) is 5.50. The first-order valence-electron chi connectivity index (χ1n) is 6.15. The van der Waals surface area contributed by atoms with E-state index in [-0.39, 0.29) is 5.91 Å². The maximum atomic E-state index is 12.3. The van der Waals surface area contributed by atoms with Crippen molar-refractivity contribution in [3.63, 3.8) is 0 Å². The number of rotatable bonds is 2. The van der Waals surface area contributed by atoms with Crippen LogP contribution in [-0.4, -0.2) is 16.1 Å². The van der Waals surface area contributed by atoms with Gasteiger partial charge in [-0.1, -0.05) is 28.1 Å². The molecule has 2 aromatic carbocycles. The van der Waals surface area contributed by atoms with E-state index in [1.54, 1.807) is 6.07 Å². The van der Waals surface area contributed by atoms with Crippen LogP contribution in [0.15, 0.2) is 46.9 Å². The van der Waals surface area contributed by atoms with Crippen LogP contribution in [-0.2, 0) is 0 Å². The van der Waals surface area contributed by atoms with Crippen molar-refractivity contribution in [1.29, 1.82) is 0 Å². The fraction of sp³-hybridized carbons (Fsp3) is 0.0667.